The summed E-state index contributed by atoms with van der Waals surface area (Å²) in [6.07, 6.45) is 5.30. The van der Waals surface area contributed by atoms with Crippen molar-refractivity contribution in [1.82, 2.24) is 14.5 Å². The number of para-hydroxylation sites is 1. The van der Waals surface area contributed by atoms with Crippen LogP contribution in [0.3, 0.4) is 0 Å². The number of fused-ring (bicyclic) bond motifs is 1. The molecule has 0 saturated carbocycles. The lowest BCUT2D eigenvalue weighted by Crippen LogP contribution is -2.32. The van der Waals surface area contributed by atoms with Crippen LogP contribution in [0.15, 0.2) is 79.4 Å². The van der Waals surface area contributed by atoms with Crippen molar-refractivity contribution < 1.29 is 18.7 Å². The number of amides is 2. The first-order valence-corrected chi connectivity index (χ1v) is 12.3. The number of hydrogen-bond donors (Lipinski definition) is 2. The van der Waals surface area contributed by atoms with Crippen LogP contribution in [0.4, 0.5) is 10.1 Å². The summed E-state index contributed by atoms with van der Waals surface area (Å²) >= 11 is 1.44. The van der Waals surface area contributed by atoms with E-state index in [0.29, 0.717) is 17.0 Å². The van der Waals surface area contributed by atoms with Crippen molar-refractivity contribution in [3.8, 4) is 22.1 Å². The molecule has 0 saturated heterocycles. The summed E-state index contributed by atoms with van der Waals surface area (Å²) < 4.78 is 23.7. The second-order valence-corrected chi connectivity index (χ2v) is 9.26. The maximum atomic E-state index is 15.1. The number of nitrogens with zero attached hydrogens (tertiary/aromatic N) is 3. The minimum absolute atomic E-state index is 0.0619. The number of rotatable bonds is 8. The Morgan fingerprint density at radius 1 is 1.11 bits per heavy atom. The van der Waals surface area contributed by atoms with Crippen molar-refractivity contribution in [2.45, 2.75) is 19.4 Å². The fourth-order valence-corrected chi connectivity index (χ4v) is 4.89. The molecule has 3 heterocycles. The number of nitrogens with one attached hydrogen (secondary N) is 1. The van der Waals surface area contributed by atoms with E-state index in [1.807, 2.05) is 23.8 Å². The van der Waals surface area contributed by atoms with Gasteiger partial charge in [-0.15, -0.1) is 11.3 Å². The molecule has 0 fully saturated rings. The first-order chi connectivity index (χ1) is 17.9. The fourth-order valence-electron chi connectivity index (χ4n) is 3.86. The van der Waals surface area contributed by atoms with E-state index in [4.69, 9.17) is 10.5 Å². The average Bonchev–Trinajstić information content (AvgIpc) is 3.54. The lowest BCUT2D eigenvalue weighted by Gasteiger charge is -2.15. The van der Waals surface area contributed by atoms with Crippen molar-refractivity contribution >= 4 is 39.1 Å². The van der Waals surface area contributed by atoms with E-state index < -0.39 is 23.5 Å². The number of thiophene rings is 1. The van der Waals surface area contributed by atoms with Crippen LogP contribution in [0.1, 0.15) is 18.4 Å². The molecule has 2 amide bonds. The number of anilines is 1. The summed E-state index contributed by atoms with van der Waals surface area (Å²) in [7, 11) is 0. The van der Waals surface area contributed by atoms with E-state index in [-0.39, 0.29) is 11.3 Å². The second kappa shape index (κ2) is 10.2. The normalized spacial score (nSPS) is 11.8. The Morgan fingerprint density at radius 3 is 2.62 bits per heavy atom. The van der Waals surface area contributed by atoms with Gasteiger partial charge in [-0.25, -0.2) is 9.37 Å². The van der Waals surface area contributed by atoms with Crippen LogP contribution in [-0.2, 0) is 16.1 Å². The molecular weight excluding hydrogens is 493 g/mol. The number of imidazole rings is 1. The van der Waals surface area contributed by atoms with Gasteiger partial charge in [-0.05, 0) is 42.8 Å². The monoisotopic (exact) mass is 515 g/mol. The van der Waals surface area contributed by atoms with E-state index in [0.717, 1.165) is 27.9 Å². The van der Waals surface area contributed by atoms with Crippen LogP contribution in [0.25, 0.3) is 20.8 Å². The molecule has 2 aromatic carbocycles. The molecule has 1 atom stereocenters. The highest BCUT2D eigenvalue weighted by molar-refractivity contribution is 7.22. The molecular formula is C27H22FN5O3S. The van der Waals surface area contributed by atoms with Crippen molar-refractivity contribution in [3.63, 3.8) is 0 Å². The molecule has 1 unspecified atom stereocenters. The van der Waals surface area contributed by atoms with Crippen molar-refractivity contribution in [2.75, 3.05) is 5.32 Å². The van der Waals surface area contributed by atoms with Gasteiger partial charge in [-0.2, -0.15) is 0 Å². The van der Waals surface area contributed by atoms with Crippen LogP contribution in [0.2, 0.25) is 0 Å². The third-order valence-corrected chi connectivity index (χ3v) is 6.89. The van der Waals surface area contributed by atoms with Gasteiger partial charge in [0.05, 0.1) is 27.1 Å². The van der Waals surface area contributed by atoms with E-state index in [9.17, 15) is 9.59 Å². The van der Waals surface area contributed by atoms with E-state index in [2.05, 4.69) is 15.3 Å². The SMILES string of the molecule is CCn1cnc(-c2cc3nccc(Oc4ccc(C(C(N)=O)C(=O)Nc5ccccc5)cc4F)c3s2)c1. The molecule has 0 radical (unpaired) electrons. The Labute approximate surface area is 215 Å². The zero-order chi connectivity index (χ0) is 25.9. The molecule has 5 rings (SSSR count). The molecule has 8 nitrogen and oxygen atoms in total. The van der Waals surface area contributed by atoms with Crippen molar-refractivity contribution in [1.29, 1.82) is 0 Å². The van der Waals surface area contributed by atoms with E-state index in [1.54, 1.807) is 48.9 Å². The first-order valence-electron chi connectivity index (χ1n) is 11.5. The molecule has 5 aromatic rings. The van der Waals surface area contributed by atoms with Gasteiger partial charge >= 0.3 is 0 Å². The Balaban J connectivity index is 1.40. The predicted molar refractivity (Wildman–Crippen MR) is 140 cm³/mol. The highest BCUT2D eigenvalue weighted by Crippen LogP contribution is 2.39. The maximum absolute atomic E-state index is 15.1. The van der Waals surface area contributed by atoms with Gasteiger partial charge in [0.15, 0.2) is 11.6 Å². The second-order valence-electron chi connectivity index (χ2n) is 8.21. The fraction of sp³-hybridized carbons (Fsp3) is 0.111. The summed E-state index contributed by atoms with van der Waals surface area (Å²) in [6.45, 7) is 2.84. The van der Waals surface area contributed by atoms with Crippen molar-refractivity contribution in [3.05, 3.63) is 90.8 Å². The summed E-state index contributed by atoms with van der Waals surface area (Å²) in [5, 5.41) is 2.63. The highest BCUT2D eigenvalue weighted by atomic mass is 32.1. The number of aryl methyl sites for hydroxylation is 1. The number of hydrogen-bond acceptors (Lipinski definition) is 6. The number of primary amides is 1. The summed E-state index contributed by atoms with van der Waals surface area (Å²) in [5.41, 5.74) is 7.63. The third kappa shape index (κ3) is 5.05. The molecule has 0 spiro atoms. The Morgan fingerprint density at radius 2 is 1.92 bits per heavy atom. The molecule has 37 heavy (non-hydrogen) atoms. The molecule has 3 aromatic heterocycles. The van der Waals surface area contributed by atoms with Gasteiger partial charge in [-0.3, -0.25) is 14.6 Å². The quantitative estimate of drug-likeness (QED) is 0.272. The number of halogens is 1. The van der Waals surface area contributed by atoms with Gasteiger partial charge in [0.1, 0.15) is 11.7 Å². The zero-order valence-corrected chi connectivity index (χ0v) is 20.5. The number of ether oxygens (including phenoxy) is 1. The van der Waals surface area contributed by atoms with Gasteiger partial charge in [-0.1, -0.05) is 24.3 Å². The number of aromatic nitrogens is 3. The Kier molecular flexibility index (Phi) is 6.65. The molecule has 0 aliphatic heterocycles. The van der Waals surface area contributed by atoms with E-state index in [1.165, 1.54) is 23.5 Å². The maximum Gasteiger partial charge on any atom is 0.241 e. The van der Waals surface area contributed by atoms with Crippen LogP contribution < -0.4 is 15.8 Å². The number of nitrogens with two attached hydrogens (primary N) is 1. The molecule has 0 aliphatic rings. The Bertz CT molecular complexity index is 1600. The van der Waals surface area contributed by atoms with Crippen LogP contribution in [-0.4, -0.2) is 26.3 Å². The number of benzene rings is 2. The molecule has 3 N–H and O–H groups in total. The molecule has 0 bridgehead atoms. The summed E-state index contributed by atoms with van der Waals surface area (Å²) in [5.74, 6) is -3.30. The molecule has 0 aliphatic carbocycles. The van der Waals surface area contributed by atoms with Gasteiger partial charge in [0.2, 0.25) is 11.8 Å². The van der Waals surface area contributed by atoms with Crippen LogP contribution in [0, 0.1) is 5.82 Å². The highest BCUT2D eigenvalue weighted by Gasteiger charge is 2.28. The molecule has 10 heteroatoms. The Hall–Kier alpha value is -4.57. The molecule has 186 valence electrons. The summed E-state index contributed by atoms with van der Waals surface area (Å²) in [6, 6.07) is 16.1. The minimum Gasteiger partial charge on any atom is -0.453 e. The minimum atomic E-state index is -1.38. The largest absolute Gasteiger partial charge is 0.453 e. The predicted octanol–water partition coefficient (Wildman–Crippen LogP) is 5.32. The lowest BCUT2D eigenvalue weighted by molar-refractivity contribution is -0.127. The first kappa shape index (κ1) is 24.1. The third-order valence-electron chi connectivity index (χ3n) is 5.72. The lowest BCUT2D eigenvalue weighted by atomic mass is 9.97. The van der Waals surface area contributed by atoms with Gasteiger partial charge in [0, 0.05) is 30.7 Å². The van der Waals surface area contributed by atoms with Crippen LogP contribution in [0.5, 0.6) is 11.5 Å². The van der Waals surface area contributed by atoms with Gasteiger partial charge in [0.25, 0.3) is 0 Å². The number of carbonyl (C=O) groups is 2. The van der Waals surface area contributed by atoms with Crippen LogP contribution >= 0.6 is 11.3 Å². The number of carbonyl (C=O) groups excluding carboxylic acids is 2. The zero-order valence-electron chi connectivity index (χ0n) is 19.7. The van der Waals surface area contributed by atoms with Gasteiger partial charge < -0.3 is 20.4 Å². The standard InChI is InChI=1S/C27H22FN5O3S/c1-2-33-14-20(31-15-33)23-13-19-25(37-23)22(10-11-30-19)36-21-9-8-16(12-18(21)28)24(26(29)34)27(35)32-17-6-4-3-5-7-17/h3-15,24H,2H2,1H3,(H2,29,34)(H,32,35). The smallest absolute Gasteiger partial charge is 0.241 e. The van der Waals surface area contributed by atoms with E-state index >= 15 is 4.39 Å². The van der Waals surface area contributed by atoms with Crippen molar-refractivity contribution in [2.24, 2.45) is 5.73 Å². The topological polar surface area (TPSA) is 112 Å². The average molecular weight is 516 g/mol. The summed E-state index contributed by atoms with van der Waals surface area (Å²) in [4.78, 5) is 34.6. The number of pyridine rings is 1.